The first-order chi connectivity index (χ1) is 11.6. The number of hydrogen-bond acceptors (Lipinski definition) is 3. The van der Waals surface area contributed by atoms with Crippen molar-refractivity contribution in [1.29, 1.82) is 0 Å². The van der Waals surface area contributed by atoms with Crippen molar-refractivity contribution in [1.82, 2.24) is 0 Å². The maximum Gasteiger partial charge on any atom is 0.259 e. The number of thioether (sulfide) groups is 1. The van der Waals surface area contributed by atoms with Gasteiger partial charge in [0, 0.05) is 23.4 Å². The lowest BCUT2D eigenvalue weighted by molar-refractivity contribution is -0.120. The molecule has 0 bridgehead atoms. The zero-order chi connectivity index (χ0) is 17.0. The molecule has 2 amide bonds. The number of primary amides is 1. The summed E-state index contributed by atoms with van der Waals surface area (Å²) < 4.78 is 0. The van der Waals surface area contributed by atoms with Crippen LogP contribution in [0.1, 0.15) is 16.8 Å². The molecule has 1 aliphatic rings. The highest BCUT2D eigenvalue weighted by Crippen LogP contribution is 2.40. The highest BCUT2D eigenvalue weighted by atomic mass is 32.2. The second-order valence-electron chi connectivity index (χ2n) is 5.48. The van der Waals surface area contributed by atoms with Gasteiger partial charge in [0.05, 0.1) is 0 Å². The molecule has 24 heavy (non-hydrogen) atoms. The zero-order valence-electron chi connectivity index (χ0n) is 13.1. The van der Waals surface area contributed by atoms with Gasteiger partial charge in [-0.1, -0.05) is 48.6 Å². The lowest BCUT2D eigenvalue weighted by Gasteiger charge is -2.41. The molecule has 4 nitrogen and oxygen atoms in total. The van der Waals surface area contributed by atoms with E-state index in [1.807, 2.05) is 48.6 Å². The first-order valence-corrected chi connectivity index (χ1v) is 8.67. The van der Waals surface area contributed by atoms with E-state index in [1.54, 1.807) is 29.2 Å². The Morgan fingerprint density at radius 1 is 0.958 bits per heavy atom. The number of rotatable bonds is 4. The largest absolute Gasteiger partial charge is 0.367 e. The van der Waals surface area contributed by atoms with Crippen LogP contribution < -0.4 is 10.6 Å². The minimum absolute atomic E-state index is 0.233. The molecule has 0 aromatic heterocycles. The van der Waals surface area contributed by atoms with Gasteiger partial charge < -0.3 is 5.73 Å². The highest BCUT2D eigenvalue weighted by Gasteiger charge is 2.46. The molecule has 2 N–H and O–H groups in total. The summed E-state index contributed by atoms with van der Waals surface area (Å²) in [6.45, 7) is 0. The van der Waals surface area contributed by atoms with Crippen molar-refractivity contribution in [3.05, 3.63) is 78.4 Å². The fourth-order valence-electron chi connectivity index (χ4n) is 2.77. The molecule has 0 spiro atoms. The van der Waals surface area contributed by atoms with Crippen molar-refractivity contribution in [3.63, 3.8) is 0 Å². The summed E-state index contributed by atoms with van der Waals surface area (Å²) in [5.74, 6) is -0.109. The molecule has 0 fully saturated rings. The van der Waals surface area contributed by atoms with E-state index in [0.717, 1.165) is 0 Å². The topological polar surface area (TPSA) is 63.4 Å². The van der Waals surface area contributed by atoms with Gasteiger partial charge in [-0.3, -0.25) is 14.5 Å². The molecule has 1 atom stereocenters. The molecule has 122 valence electrons. The van der Waals surface area contributed by atoms with Crippen molar-refractivity contribution < 1.29 is 9.59 Å². The van der Waals surface area contributed by atoms with Crippen LogP contribution in [0, 0.1) is 0 Å². The molecule has 2 aromatic rings. The summed E-state index contributed by atoms with van der Waals surface area (Å²) in [5, 5.41) is 0. The number of nitrogens with zero attached hydrogens (tertiary/aromatic N) is 1. The fraction of sp³-hybridized carbons (Fsp3) is 0.158. The molecule has 0 saturated heterocycles. The van der Waals surface area contributed by atoms with Crippen LogP contribution in [-0.4, -0.2) is 22.4 Å². The third kappa shape index (κ3) is 2.95. The first-order valence-electron chi connectivity index (χ1n) is 7.69. The predicted molar refractivity (Wildman–Crippen MR) is 97.8 cm³/mol. The van der Waals surface area contributed by atoms with Gasteiger partial charge >= 0.3 is 0 Å². The van der Waals surface area contributed by atoms with Gasteiger partial charge in [0.2, 0.25) is 0 Å². The Morgan fingerprint density at radius 3 is 2.12 bits per heavy atom. The number of amides is 2. The van der Waals surface area contributed by atoms with Crippen LogP contribution >= 0.6 is 11.8 Å². The molecule has 1 unspecified atom stereocenters. The van der Waals surface area contributed by atoms with Gasteiger partial charge in [-0.15, -0.1) is 11.8 Å². The number of para-hydroxylation sites is 1. The monoisotopic (exact) mass is 338 g/mol. The molecule has 0 saturated carbocycles. The van der Waals surface area contributed by atoms with E-state index in [-0.39, 0.29) is 5.91 Å². The average molecular weight is 338 g/mol. The van der Waals surface area contributed by atoms with Crippen LogP contribution in [0.15, 0.2) is 72.8 Å². The summed E-state index contributed by atoms with van der Waals surface area (Å²) in [4.78, 5) is 26.1. The minimum Gasteiger partial charge on any atom is -0.367 e. The SMILES string of the molecule is NC(=O)C1(N(C(=O)c2ccccc2)c2ccccc2)CC=CCS1. The third-order valence-corrected chi connectivity index (χ3v) is 5.35. The Kier molecular flexibility index (Phi) is 4.71. The standard InChI is InChI=1S/C19H18N2O2S/c20-18(23)19(13-7-8-14-24-19)21(16-11-5-2-6-12-16)17(22)15-9-3-1-4-10-15/h1-12H,13-14H2,(H2,20,23). The van der Waals surface area contributed by atoms with Crippen LogP contribution in [0.2, 0.25) is 0 Å². The maximum atomic E-state index is 13.2. The van der Waals surface area contributed by atoms with E-state index in [2.05, 4.69) is 0 Å². The Balaban J connectivity index is 2.13. The second kappa shape index (κ2) is 6.93. The van der Waals surface area contributed by atoms with E-state index in [4.69, 9.17) is 5.73 Å². The smallest absolute Gasteiger partial charge is 0.259 e. The van der Waals surface area contributed by atoms with Gasteiger partial charge in [-0.25, -0.2) is 0 Å². The van der Waals surface area contributed by atoms with Crippen LogP contribution in [-0.2, 0) is 4.79 Å². The second-order valence-corrected chi connectivity index (χ2v) is 6.77. The van der Waals surface area contributed by atoms with E-state index in [9.17, 15) is 9.59 Å². The molecule has 0 aliphatic carbocycles. The van der Waals surface area contributed by atoms with E-state index in [0.29, 0.717) is 23.4 Å². The van der Waals surface area contributed by atoms with Crippen LogP contribution in [0.5, 0.6) is 0 Å². The Hall–Kier alpha value is -2.53. The molecule has 1 heterocycles. The van der Waals surface area contributed by atoms with Crippen molar-refractivity contribution in [2.75, 3.05) is 10.7 Å². The Morgan fingerprint density at radius 2 is 1.58 bits per heavy atom. The van der Waals surface area contributed by atoms with Crippen molar-refractivity contribution in [3.8, 4) is 0 Å². The summed E-state index contributed by atoms with van der Waals surface area (Å²) in [6, 6.07) is 18.2. The van der Waals surface area contributed by atoms with E-state index in [1.165, 1.54) is 11.8 Å². The predicted octanol–water partition coefficient (Wildman–Crippen LogP) is 3.21. The van der Waals surface area contributed by atoms with Crippen LogP contribution in [0.4, 0.5) is 5.69 Å². The molecule has 3 rings (SSSR count). The Bertz CT molecular complexity index is 761. The molecular weight excluding hydrogens is 320 g/mol. The van der Waals surface area contributed by atoms with Crippen LogP contribution in [0.25, 0.3) is 0 Å². The van der Waals surface area contributed by atoms with Gasteiger partial charge in [-0.2, -0.15) is 0 Å². The van der Waals surface area contributed by atoms with Crippen LogP contribution in [0.3, 0.4) is 0 Å². The number of hydrogen-bond donors (Lipinski definition) is 1. The number of benzene rings is 2. The lowest BCUT2D eigenvalue weighted by Crippen LogP contribution is -2.58. The summed E-state index contributed by atoms with van der Waals surface area (Å²) in [7, 11) is 0. The number of anilines is 1. The summed E-state index contributed by atoms with van der Waals surface area (Å²) in [5.41, 5.74) is 6.95. The quantitative estimate of drug-likeness (QED) is 0.871. The normalized spacial score (nSPS) is 19.7. The van der Waals surface area contributed by atoms with Gasteiger partial charge in [0.25, 0.3) is 11.8 Å². The van der Waals surface area contributed by atoms with Crippen molar-refractivity contribution >= 4 is 29.3 Å². The molecule has 2 aromatic carbocycles. The zero-order valence-corrected chi connectivity index (χ0v) is 13.9. The van der Waals surface area contributed by atoms with Crippen molar-refractivity contribution in [2.24, 2.45) is 5.73 Å². The first kappa shape index (κ1) is 16.3. The van der Waals surface area contributed by atoms with Crippen molar-refractivity contribution in [2.45, 2.75) is 11.3 Å². The maximum absolute atomic E-state index is 13.2. The molecule has 5 heteroatoms. The number of carbonyl (C=O) groups is 2. The minimum atomic E-state index is -1.12. The van der Waals surface area contributed by atoms with E-state index < -0.39 is 10.8 Å². The number of nitrogens with two attached hydrogens (primary N) is 1. The summed E-state index contributed by atoms with van der Waals surface area (Å²) >= 11 is 1.39. The summed E-state index contributed by atoms with van der Waals surface area (Å²) in [6.07, 6.45) is 4.29. The van der Waals surface area contributed by atoms with E-state index >= 15 is 0 Å². The Labute approximate surface area is 145 Å². The molecule has 1 aliphatic heterocycles. The third-order valence-electron chi connectivity index (χ3n) is 3.96. The fourth-order valence-corrected chi connectivity index (χ4v) is 3.95. The average Bonchev–Trinajstić information content (AvgIpc) is 2.64. The van der Waals surface area contributed by atoms with Gasteiger partial charge in [0.1, 0.15) is 0 Å². The van der Waals surface area contributed by atoms with Gasteiger partial charge in [0.15, 0.2) is 4.87 Å². The lowest BCUT2D eigenvalue weighted by atomic mass is 10.1. The molecular formula is C19H18N2O2S. The van der Waals surface area contributed by atoms with Gasteiger partial charge in [-0.05, 0) is 24.3 Å². The number of carbonyl (C=O) groups excluding carboxylic acids is 2. The molecule has 0 radical (unpaired) electrons. The highest BCUT2D eigenvalue weighted by molar-refractivity contribution is 8.01.